The predicted molar refractivity (Wildman–Crippen MR) is 97.7 cm³/mol. The molecule has 7 nitrogen and oxygen atoms in total. The molecule has 3 aromatic rings. The first-order valence-electron chi connectivity index (χ1n) is 8.15. The van der Waals surface area contributed by atoms with Crippen LogP contribution in [0.25, 0.3) is 0 Å². The van der Waals surface area contributed by atoms with Gasteiger partial charge in [-0.3, -0.25) is 9.89 Å². The van der Waals surface area contributed by atoms with E-state index in [1.165, 1.54) is 6.33 Å². The zero-order valence-electron chi connectivity index (χ0n) is 13.9. The van der Waals surface area contributed by atoms with Crippen molar-refractivity contribution >= 4 is 21.3 Å². The maximum atomic E-state index is 12.9. The van der Waals surface area contributed by atoms with E-state index in [1.807, 2.05) is 12.1 Å². The molecule has 8 heteroatoms. The molecule has 0 spiro atoms. The van der Waals surface area contributed by atoms with Crippen LogP contribution in [0.3, 0.4) is 0 Å². The van der Waals surface area contributed by atoms with Crippen LogP contribution < -0.4 is 4.90 Å². The summed E-state index contributed by atoms with van der Waals surface area (Å²) in [6, 6.07) is 14.3. The molecule has 2 N–H and O–H groups in total. The molecule has 1 aliphatic rings. The van der Waals surface area contributed by atoms with Gasteiger partial charge in [0, 0.05) is 18.5 Å². The van der Waals surface area contributed by atoms with Crippen molar-refractivity contribution in [3.8, 4) is 0 Å². The summed E-state index contributed by atoms with van der Waals surface area (Å²) in [4.78, 5) is 19.1. The van der Waals surface area contributed by atoms with Crippen LogP contribution in [0.1, 0.15) is 21.7 Å². The van der Waals surface area contributed by atoms with E-state index in [2.05, 4.69) is 15.2 Å². The predicted octanol–water partition coefficient (Wildman–Crippen LogP) is 2.46. The minimum Gasteiger partial charge on any atom is -0.306 e. The van der Waals surface area contributed by atoms with Crippen molar-refractivity contribution in [2.24, 2.45) is 0 Å². The van der Waals surface area contributed by atoms with Gasteiger partial charge in [0.05, 0.1) is 26.1 Å². The maximum absolute atomic E-state index is 12.9. The van der Waals surface area contributed by atoms with Gasteiger partial charge >= 0.3 is 0 Å². The lowest BCUT2D eigenvalue weighted by Gasteiger charge is -2.30. The van der Waals surface area contributed by atoms with Gasteiger partial charge in [0.25, 0.3) is 5.91 Å². The van der Waals surface area contributed by atoms with Crippen molar-refractivity contribution in [1.29, 1.82) is 4.78 Å². The highest BCUT2D eigenvalue weighted by atomic mass is 32.2. The molecule has 0 radical (unpaired) electrons. The highest BCUT2D eigenvalue weighted by Gasteiger charge is 2.29. The molecule has 0 fully saturated rings. The summed E-state index contributed by atoms with van der Waals surface area (Å²) in [6.45, 7) is 0.276. The number of amides is 1. The van der Waals surface area contributed by atoms with Crippen LogP contribution >= 0.6 is 0 Å². The summed E-state index contributed by atoms with van der Waals surface area (Å²) < 4.78 is 20.5. The topological polar surface area (TPSA) is 103 Å². The zero-order chi connectivity index (χ0) is 18.1. The number of carbonyl (C=O) groups excluding carboxylic acids is 1. The van der Waals surface area contributed by atoms with E-state index < -0.39 is 9.73 Å². The van der Waals surface area contributed by atoms with Crippen molar-refractivity contribution in [2.75, 3.05) is 17.2 Å². The highest BCUT2D eigenvalue weighted by molar-refractivity contribution is 7.92. The van der Waals surface area contributed by atoms with Crippen LogP contribution in [0.4, 0.5) is 5.69 Å². The summed E-state index contributed by atoms with van der Waals surface area (Å²) in [5, 5.41) is 6.63. The molecular weight excluding hydrogens is 350 g/mol. The van der Waals surface area contributed by atoms with Gasteiger partial charge in [-0.2, -0.15) is 5.10 Å². The number of benzene rings is 2. The third kappa shape index (κ3) is 2.99. The summed E-state index contributed by atoms with van der Waals surface area (Å²) in [5.41, 5.74) is 2.14. The van der Waals surface area contributed by atoms with E-state index in [9.17, 15) is 9.00 Å². The lowest BCUT2D eigenvalue weighted by atomic mass is 10.1. The number of H-pyrrole nitrogens is 1. The number of carbonyl (C=O) groups is 1. The molecule has 2 heterocycles. The second-order valence-electron chi connectivity index (χ2n) is 6.11. The van der Waals surface area contributed by atoms with E-state index in [0.717, 1.165) is 11.4 Å². The van der Waals surface area contributed by atoms with E-state index in [-0.39, 0.29) is 18.2 Å². The number of anilines is 1. The molecule has 1 aliphatic heterocycles. The number of rotatable bonds is 3. The maximum Gasteiger partial charge on any atom is 0.258 e. The zero-order valence-corrected chi connectivity index (χ0v) is 14.7. The number of hydrogen-bond acceptors (Lipinski definition) is 5. The number of nitrogens with zero attached hydrogens (tertiary/aromatic N) is 3. The fourth-order valence-corrected chi connectivity index (χ4v) is 4.52. The molecule has 2 aromatic carbocycles. The molecular formula is C18H17N5O2S. The lowest BCUT2D eigenvalue weighted by molar-refractivity contribution is 0.0987. The van der Waals surface area contributed by atoms with E-state index in [4.69, 9.17) is 4.78 Å². The minimum absolute atomic E-state index is 0.152. The Morgan fingerprint density at radius 2 is 1.96 bits per heavy atom. The third-order valence-corrected chi connectivity index (χ3v) is 6.21. The molecule has 1 atom stereocenters. The first kappa shape index (κ1) is 16.5. The monoisotopic (exact) mass is 367 g/mol. The molecule has 1 unspecified atom stereocenters. The number of aromatic amines is 1. The summed E-state index contributed by atoms with van der Waals surface area (Å²) in [7, 11) is -2.84. The Kier molecular flexibility index (Phi) is 4.04. The van der Waals surface area contributed by atoms with E-state index in [1.54, 1.807) is 41.3 Å². The summed E-state index contributed by atoms with van der Waals surface area (Å²) >= 11 is 0. The average molecular weight is 367 g/mol. The van der Waals surface area contributed by atoms with Gasteiger partial charge in [-0.05, 0) is 29.8 Å². The van der Waals surface area contributed by atoms with Gasteiger partial charge in [0.2, 0.25) is 0 Å². The molecule has 0 aliphatic carbocycles. The quantitative estimate of drug-likeness (QED) is 0.742. The SMILES string of the molecule is N=S1(=O)CCN(C(=O)c2ccc(Cc3ncn[nH]3)cc2)c2ccccc21. The number of para-hydroxylation sites is 1. The van der Waals surface area contributed by atoms with Gasteiger partial charge in [-0.25, -0.2) is 14.0 Å². The lowest BCUT2D eigenvalue weighted by Crippen LogP contribution is -2.39. The number of hydrogen-bond donors (Lipinski definition) is 2. The number of aromatic nitrogens is 3. The van der Waals surface area contributed by atoms with Crippen LogP contribution in [0.5, 0.6) is 0 Å². The molecule has 1 amide bonds. The van der Waals surface area contributed by atoms with Gasteiger partial charge < -0.3 is 4.90 Å². The van der Waals surface area contributed by atoms with Crippen LogP contribution in [0.2, 0.25) is 0 Å². The van der Waals surface area contributed by atoms with Crippen molar-refractivity contribution in [3.63, 3.8) is 0 Å². The Bertz CT molecular complexity index is 1040. The van der Waals surface area contributed by atoms with Crippen LogP contribution in [-0.2, 0) is 16.1 Å². The standard InChI is InChI=1S/C18H17N5O2S/c19-26(25)10-9-23(15-3-1-2-4-16(15)26)18(24)14-7-5-13(6-8-14)11-17-20-12-21-22-17/h1-8,12,19H,9-11H2,(H,20,21,22). The largest absolute Gasteiger partial charge is 0.306 e. The molecule has 0 saturated heterocycles. The Balaban J connectivity index is 1.60. The second-order valence-corrected chi connectivity index (χ2v) is 8.31. The molecule has 26 heavy (non-hydrogen) atoms. The summed E-state index contributed by atoms with van der Waals surface area (Å²) in [6.07, 6.45) is 2.08. The molecule has 0 bridgehead atoms. The average Bonchev–Trinajstić information content (AvgIpc) is 3.15. The Labute approximate surface area is 151 Å². The van der Waals surface area contributed by atoms with Crippen LogP contribution in [0.15, 0.2) is 59.8 Å². The Morgan fingerprint density at radius 1 is 1.19 bits per heavy atom. The normalized spacial score (nSPS) is 19.2. The van der Waals surface area contributed by atoms with E-state index >= 15 is 0 Å². The number of nitrogens with one attached hydrogen (secondary N) is 2. The van der Waals surface area contributed by atoms with Gasteiger partial charge in [-0.15, -0.1) is 0 Å². The van der Waals surface area contributed by atoms with Crippen molar-refractivity contribution in [2.45, 2.75) is 11.3 Å². The highest BCUT2D eigenvalue weighted by Crippen LogP contribution is 2.31. The Morgan fingerprint density at radius 3 is 2.69 bits per heavy atom. The van der Waals surface area contributed by atoms with Crippen molar-refractivity contribution < 1.29 is 9.00 Å². The molecule has 1 aromatic heterocycles. The number of fused-ring (bicyclic) bond motifs is 1. The van der Waals surface area contributed by atoms with Crippen LogP contribution in [-0.4, -0.2) is 37.6 Å². The fourth-order valence-electron chi connectivity index (χ4n) is 3.05. The van der Waals surface area contributed by atoms with E-state index in [0.29, 0.717) is 22.6 Å². The third-order valence-electron chi connectivity index (χ3n) is 4.40. The van der Waals surface area contributed by atoms with Gasteiger partial charge in [-0.1, -0.05) is 24.3 Å². The second kappa shape index (κ2) is 6.38. The van der Waals surface area contributed by atoms with Gasteiger partial charge in [0.15, 0.2) is 0 Å². The molecule has 132 valence electrons. The first-order valence-corrected chi connectivity index (χ1v) is 9.88. The first-order chi connectivity index (χ1) is 12.5. The van der Waals surface area contributed by atoms with Crippen molar-refractivity contribution in [1.82, 2.24) is 15.2 Å². The fraction of sp³-hybridized carbons (Fsp3) is 0.167. The Hall–Kier alpha value is -3.00. The molecule has 4 rings (SSSR count). The van der Waals surface area contributed by atoms with Crippen molar-refractivity contribution in [3.05, 3.63) is 71.8 Å². The molecule has 0 saturated carbocycles. The smallest absolute Gasteiger partial charge is 0.258 e. The van der Waals surface area contributed by atoms with Crippen LogP contribution in [0, 0.1) is 4.78 Å². The summed E-state index contributed by atoms with van der Waals surface area (Å²) in [5.74, 6) is 0.761. The van der Waals surface area contributed by atoms with Gasteiger partial charge in [0.1, 0.15) is 12.2 Å². The minimum atomic E-state index is -2.84.